The van der Waals surface area contributed by atoms with E-state index in [4.69, 9.17) is 0 Å². The van der Waals surface area contributed by atoms with Crippen molar-refractivity contribution in [3.63, 3.8) is 0 Å². The van der Waals surface area contributed by atoms with Crippen LogP contribution in [0, 0.1) is 0 Å². The van der Waals surface area contributed by atoms with Gasteiger partial charge in [-0.15, -0.1) is 0 Å². The Kier molecular flexibility index (Phi) is 4.85. The first-order chi connectivity index (χ1) is 9.19. The average Bonchev–Trinajstić information content (AvgIpc) is 2.76. The number of amides is 2. The van der Waals surface area contributed by atoms with Crippen LogP contribution in [0.2, 0.25) is 0 Å². The lowest BCUT2D eigenvalue weighted by molar-refractivity contribution is -0.128. The fourth-order valence-corrected chi connectivity index (χ4v) is 2.37. The molecule has 0 aliphatic carbocycles. The molecular formula is C14H18N2O2S. The molecule has 2 amide bonds. The molecule has 102 valence electrons. The lowest BCUT2D eigenvalue weighted by Gasteiger charge is -2.16. The molecule has 1 aliphatic heterocycles. The molecule has 1 aromatic carbocycles. The van der Waals surface area contributed by atoms with E-state index >= 15 is 0 Å². The molecule has 4 nitrogen and oxygen atoms in total. The fourth-order valence-electron chi connectivity index (χ4n) is 2.16. The number of rotatable bonds is 5. The summed E-state index contributed by atoms with van der Waals surface area (Å²) in [4.78, 5) is 24.9. The summed E-state index contributed by atoms with van der Waals surface area (Å²) in [5.41, 5.74) is 1.81. The number of carbonyl (C=O) groups is 2. The highest BCUT2D eigenvalue weighted by molar-refractivity contribution is 7.80. The molecule has 0 saturated carbocycles. The lowest BCUT2D eigenvalue weighted by atomic mass is 10.2. The average molecular weight is 278 g/mol. The van der Waals surface area contributed by atoms with E-state index in [1.807, 2.05) is 29.2 Å². The predicted octanol–water partition coefficient (Wildman–Crippen LogP) is 2.07. The van der Waals surface area contributed by atoms with E-state index in [9.17, 15) is 9.59 Å². The first kappa shape index (κ1) is 13.9. The number of nitrogens with zero attached hydrogens (tertiary/aromatic N) is 1. The van der Waals surface area contributed by atoms with Gasteiger partial charge in [-0.3, -0.25) is 9.59 Å². The molecule has 0 radical (unpaired) electrons. The zero-order valence-corrected chi connectivity index (χ0v) is 11.7. The summed E-state index contributed by atoms with van der Waals surface area (Å²) < 4.78 is 0. The van der Waals surface area contributed by atoms with Crippen LogP contribution in [0.15, 0.2) is 24.3 Å². The minimum Gasteiger partial charge on any atom is -0.338 e. The van der Waals surface area contributed by atoms with Crippen LogP contribution >= 0.6 is 12.6 Å². The topological polar surface area (TPSA) is 49.4 Å². The van der Waals surface area contributed by atoms with Crippen molar-refractivity contribution in [2.45, 2.75) is 25.8 Å². The molecular weight excluding hydrogens is 260 g/mol. The summed E-state index contributed by atoms with van der Waals surface area (Å²) >= 11 is 4.03. The van der Waals surface area contributed by atoms with Crippen LogP contribution < -0.4 is 5.32 Å². The van der Waals surface area contributed by atoms with Crippen molar-refractivity contribution >= 4 is 30.1 Å². The summed E-state index contributed by atoms with van der Waals surface area (Å²) in [5, 5.41) is 2.83. The molecule has 1 saturated heterocycles. The Morgan fingerprint density at radius 2 is 2.26 bits per heavy atom. The highest BCUT2D eigenvalue weighted by Gasteiger charge is 2.19. The number of carbonyl (C=O) groups excluding carboxylic acids is 2. The van der Waals surface area contributed by atoms with Gasteiger partial charge in [0.2, 0.25) is 11.8 Å². The summed E-state index contributed by atoms with van der Waals surface area (Å²) in [6, 6.07) is 7.64. The summed E-state index contributed by atoms with van der Waals surface area (Å²) in [6.07, 6.45) is 1.99. The van der Waals surface area contributed by atoms with Crippen molar-refractivity contribution in [3.8, 4) is 0 Å². The number of hydrogen-bond donors (Lipinski definition) is 2. The van der Waals surface area contributed by atoms with Crippen molar-refractivity contribution in [1.82, 2.24) is 4.90 Å². The van der Waals surface area contributed by atoms with Crippen molar-refractivity contribution in [2.75, 3.05) is 17.6 Å². The third-order valence-electron chi connectivity index (χ3n) is 3.09. The van der Waals surface area contributed by atoms with E-state index in [-0.39, 0.29) is 11.8 Å². The van der Waals surface area contributed by atoms with Crippen molar-refractivity contribution < 1.29 is 9.59 Å². The van der Waals surface area contributed by atoms with E-state index < -0.39 is 0 Å². The van der Waals surface area contributed by atoms with Gasteiger partial charge in [-0.05, 0) is 29.9 Å². The van der Waals surface area contributed by atoms with E-state index in [0.29, 0.717) is 25.1 Å². The smallest absolute Gasteiger partial charge is 0.225 e. The van der Waals surface area contributed by atoms with Crippen LogP contribution in [0.3, 0.4) is 0 Å². The van der Waals surface area contributed by atoms with Gasteiger partial charge in [0.05, 0.1) is 0 Å². The van der Waals surface area contributed by atoms with Gasteiger partial charge in [0.25, 0.3) is 0 Å². The molecule has 0 bridgehead atoms. The Morgan fingerprint density at radius 3 is 2.95 bits per heavy atom. The summed E-state index contributed by atoms with van der Waals surface area (Å²) in [6.45, 7) is 1.45. The van der Waals surface area contributed by atoms with Crippen LogP contribution in [0.5, 0.6) is 0 Å². The maximum atomic E-state index is 11.6. The summed E-state index contributed by atoms with van der Waals surface area (Å²) in [7, 11) is 0. The van der Waals surface area contributed by atoms with Gasteiger partial charge in [0.15, 0.2) is 0 Å². The standard InChI is InChI=1S/C14H18N2O2S/c17-13(6-8-19)15-12-4-1-3-11(9-12)10-16-7-2-5-14(16)18/h1,3-4,9,19H,2,5-8,10H2,(H,15,17). The van der Waals surface area contributed by atoms with Gasteiger partial charge < -0.3 is 10.2 Å². The largest absolute Gasteiger partial charge is 0.338 e. The zero-order valence-electron chi connectivity index (χ0n) is 10.8. The van der Waals surface area contributed by atoms with Gasteiger partial charge in [-0.1, -0.05) is 12.1 Å². The Morgan fingerprint density at radius 1 is 1.42 bits per heavy atom. The van der Waals surface area contributed by atoms with Gasteiger partial charge in [-0.25, -0.2) is 0 Å². The van der Waals surface area contributed by atoms with E-state index in [1.54, 1.807) is 0 Å². The van der Waals surface area contributed by atoms with Crippen molar-refractivity contribution in [1.29, 1.82) is 0 Å². The van der Waals surface area contributed by atoms with E-state index in [1.165, 1.54) is 0 Å². The zero-order chi connectivity index (χ0) is 13.7. The molecule has 0 unspecified atom stereocenters. The SMILES string of the molecule is O=C(CCS)Nc1cccc(CN2CCCC2=O)c1. The van der Waals surface area contributed by atoms with Gasteiger partial charge in [-0.2, -0.15) is 12.6 Å². The van der Waals surface area contributed by atoms with Crippen LogP contribution in [0.1, 0.15) is 24.8 Å². The number of nitrogens with one attached hydrogen (secondary N) is 1. The van der Waals surface area contributed by atoms with Crippen molar-refractivity contribution in [2.24, 2.45) is 0 Å². The Balaban J connectivity index is 1.98. The Hall–Kier alpha value is -1.49. The molecule has 1 fully saturated rings. The summed E-state index contributed by atoms with van der Waals surface area (Å²) in [5.74, 6) is 0.710. The normalized spacial score (nSPS) is 14.8. The first-order valence-electron chi connectivity index (χ1n) is 6.46. The molecule has 19 heavy (non-hydrogen) atoms. The van der Waals surface area contributed by atoms with Crippen LogP contribution in [0.4, 0.5) is 5.69 Å². The number of thiol groups is 1. The number of benzene rings is 1. The van der Waals surface area contributed by atoms with E-state index in [0.717, 1.165) is 24.2 Å². The maximum Gasteiger partial charge on any atom is 0.225 e. The lowest BCUT2D eigenvalue weighted by Crippen LogP contribution is -2.23. The highest BCUT2D eigenvalue weighted by atomic mass is 32.1. The van der Waals surface area contributed by atoms with Crippen LogP contribution in [-0.4, -0.2) is 29.0 Å². The van der Waals surface area contributed by atoms with Gasteiger partial charge in [0, 0.05) is 31.6 Å². The molecule has 0 spiro atoms. The third kappa shape index (κ3) is 3.99. The first-order valence-corrected chi connectivity index (χ1v) is 7.10. The van der Waals surface area contributed by atoms with Gasteiger partial charge >= 0.3 is 0 Å². The molecule has 1 N–H and O–H groups in total. The van der Waals surface area contributed by atoms with Gasteiger partial charge in [0.1, 0.15) is 0 Å². The van der Waals surface area contributed by atoms with Crippen LogP contribution in [0.25, 0.3) is 0 Å². The number of hydrogen-bond acceptors (Lipinski definition) is 3. The molecule has 1 heterocycles. The molecule has 0 atom stereocenters. The van der Waals surface area contributed by atoms with Crippen molar-refractivity contribution in [3.05, 3.63) is 29.8 Å². The molecule has 2 rings (SSSR count). The highest BCUT2D eigenvalue weighted by Crippen LogP contribution is 2.17. The second-order valence-corrected chi connectivity index (χ2v) is 5.09. The minimum atomic E-state index is -0.0376. The van der Waals surface area contributed by atoms with E-state index in [2.05, 4.69) is 17.9 Å². The predicted molar refractivity (Wildman–Crippen MR) is 78.2 cm³/mol. The Bertz CT molecular complexity index is 476. The number of likely N-dealkylation sites (tertiary alicyclic amines) is 1. The second kappa shape index (κ2) is 6.61. The fraction of sp³-hybridized carbons (Fsp3) is 0.429. The molecule has 1 aliphatic rings. The monoisotopic (exact) mass is 278 g/mol. The third-order valence-corrected chi connectivity index (χ3v) is 3.32. The minimum absolute atomic E-state index is 0.0376. The molecule has 0 aromatic heterocycles. The second-order valence-electron chi connectivity index (χ2n) is 4.64. The number of anilines is 1. The maximum absolute atomic E-state index is 11.6. The molecule has 1 aromatic rings. The molecule has 5 heteroatoms. The quantitative estimate of drug-likeness (QED) is 0.810. The van der Waals surface area contributed by atoms with Crippen LogP contribution in [-0.2, 0) is 16.1 Å². The Labute approximate surface area is 118 Å².